The number of esters is 1. The number of benzene rings is 1. The molecule has 1 heterocycles. The van der Waals surface area contributed by atoms with E-state index in [0.29, 0.717) is 33.2 Å². The number of nitrogens with zero attached hydrogens (tertiary/aromatic N) is 1. The summed E-state index contributed by atoms with van der Waals surface area (Å²) >= 11 is 12.9. The molecule has 1 aliphatic carbocycles. The van der Waals surface area contributed by atoms with E-state index in [-0.39, 0.29) is 17.3 Å². The van der Waals surface area contributed by atoms with Gasteiger partial charge in [-0.15, -0.1) is 0 Å². The molecule has 1 unspecified atom stereocenters. The molecule has 0 saturated heterocycles. The summed E-state index contributed by atoms with van der Waals surface area (Å²) in [6, 6.07) is 5.32. The van der Waals surface area contributed by atoms with Gasteiger partial charge in [-0.2, -0.15) is 0 Å². The number of halogens is 2. The summed E-state index contributed by atoms with van der Waals surface area (Å²) in [5.74, 6) is -0.997. The van der Waals surface area contributed by atoms with E-state index in [1.165, 1.54) is 0 Å². The standard InChI is InChI=1S/C23H27Cl2NO3/c1-12(2)29-22(28)18-13(3)26(6)16-10-23(4,5)11-17(27)20(16)19(18)14-8-7-9-15(24)21(14)25/h7-9,12,19H,10-11H2,1-6H3. The van der Waals surface area contributed by atoms with E-state index in [1.54, 1.807) is 26.0 Å². The van der Waals surface area contributed by atoms with Crippen LogP contribution < -0.4 is 0 Å². The van der Waals surface area contributed by atoms with E-state index < -0.39 is 11.9 Å². The van der Waals surface area contributed by atoms with E-state index in [9.17, 15) is 9.59 Å². The van der Waals surface area contributed by atoms with Crippen LogP contribution in [0.3, 0.4) is 0 Å². The van der Waals surface area contributed by atoms with Gasteiger partial charge in [0.15, 0.2) is 5.78 Å². The molecule has 3 rings (SSSR count). The second-order valence-corrected chi connectivity index (χ2v) is 9.67. The highest BCUT2D eigenvalue weighted by atomic mass is 35.5. The number of carbonyl (C=O) groups is 2. The monoisotopic (exact) mass is 435 g/mol. The minimum absolute atomic E-state index is 0.0338. The van der Waals surface area contributed by atoms with Crippen molar-refractivity contribution in [1.29, 1.82) is 0 Å². The molecule has 156 valence electrons. The highest BCUT2D eigenvalue weighted by Gasteiger charge is 2.45. The second kappa shape index (κ2) is 7.81. The molecule has 0 saturated carbocycles. The number of rotatable bonds is 3. The third-order valence-electron chi connectivity index (χ3n) is 5.63. The van der Waals surface area contributed by atoms with Crippen molar-refractivity contribution in [1.82, 2.24) is 4.90 Å². The molecule has 1 aromatic rings. The van der Waals surface area contributed by atoms with Crippen molar-refractivity contribution in [3.05, 3.63) is 56.3 Å². The molecule has 0 fully saturated rings. The van der Waals surface area contributed by atoms with Gasteiger partial charge < -0.3 is 9.64 Å². The Bertz CT molecular complexity index is 943. The third-order valence-corrected chi connectivity index (χ3v) is 6.46. The maximum absolute atomic E-state index is 13.3. The first-order valence-electron chi connectivity index (χ1n) is 9.80. The zero-order valence-electron chi connectivity index (χ0n) is 17.7. The Kier molecular flexibility index (Phi) is 5.90. The van der Waals surface area contributed by atoms with Crippen molar-refractivity contribution in [3.63, 3.8) is 0 Å². The summed E-state index contributed by atoms with van der Waals surface area (Å²) < 4.78 is 5.55. The number of ether oxygens (including phenoxy) is 1. The molecule has 1 atom stereocenters. The Morgan fingerprint density at radius 3 is 2.52 bits per heavy atom. The van der Waals surface area contributed by atoms with Crippen molar-refractivity contribution in [2.45, 2.75) is 59.5 Å². The molecular formula is C23H27Cl2NO3. The van der Waals surface area contributed by atoms with Crippen molar-refractivity contribution in [2.75, 3.05) is 7.05 Å². The van der Waals surface area contributed by atoms with Gasteiger partial charge in [-0.05, 0) is 44.2 Å². The predicted molar refractivity (Wildman–Crippen MR) is 116 cm³/mol. The van der Waals surface area contributed by atoms with Gasteiger partial charge in [-0.3, -0.25) is 4.79 Å². The molecule has 0 radical (unpaired) electrons. The summed E-state index contributed by atoms with van der Waals surface area (Å²) in [6.45, 7) is 9.68. The first-order chi connectivity index (χ1) is 13.4. The summed E-state index contributed by atoms with van der Waals surface area (Å²) in [7, 11) is 1.90. The number of carbonyl (C=O) groups excluding carboxylic acids is 2. The van der Waals surface area contributed by atoms with E-state index in [1.807, 2.05) is 24.9 Å². The van der Waals surface area contributed by atoms with Crippen LogP contribution in [-0.4, -0.2) is 29.8 Å². The molecule has 2 aliphatic rings. The van der Waals surface area contributed by atoms with Crippen molar-refractivity contribution < 1.29 is 14.3 Å². The Labute approximate surface area is 182 Å². The topological polar surface area (TPSA) is 46.6 Å². The van der Waals surface area contributed by atoms with Crippen molar-refractivity contribution in [3.8, 4) is 0 Å². The van der Waals surface area contributed by atoms with Crippen LogP contribution in [0.2, 0.25) is 10.0 Å². The molecule has 1 aliphatic heterocycles. The zero-order chi connectivity index (χ0) is 21.7. The van der Waals surface area contributed by atoms with Gasteiger partial charge in [0, 0.05) is 36.4 Å². The number of hydrogen-bond donors (Lipinski definition) is 0. The largest absolute Gasteiger partial charge is 0.460 e. The molecule has 6 heteroatoms. The lowest BCUT2D eigenvalue weighted by molar-refractivity contribution is -0.143. The number of Topliss-reactive ketones (excluding diaryl/α,β-unsaturated/α-hetero) is 1. The Hall–Kier alpha value is -1.78. The van der Waals surface area contributed by atoms with Crippen LogP contribution in [-0.2, 0) is 14.3 Å². The van der Waals surface area contributed by atoms with Gasteiger partial charge in [-0.1, -0.05) is 49.2 Å². The molecule has 0 bridgehead atoms. The number of ketones is 1. The maximum atomic E-state index is 13.3. The average Bonchev–Trinajstić information content (AvgIpc) is 2.59. The van der Waals surface area contributed by atoms with Gasteiger partial charge in [0.25, 0.3) is 0 Å². The van der Waals surface area contributed by atoms with Gasteiger partial charge >= 0.3 is 5.97 Å². The number of allylic oxidation sites excluding steroid dienone is 3. The second-order valence-electron chi connectivity index (χ2n) is 8.89. The third kappa shape index (κ3) is 3.97. The minimum Gasteiger partial charge on any atom is -0.460 e. The van der Waals surface area contributed by atoms with Crippen LogP contribution in [0.25, 0.3) is 0 Å². The van der Waals surface area contributed by atoms with Crippen LogP contribution in [0.4, 0.5) is 0 Å². The van der Waals surface area contributed by atoms with E-state index in [4.69, 9.17) is 27.9 Å². The maximum Gasteiger partial charge on any atom is 0.337 e. The van der Waals surface area contributed by atoms with Gasteiger partial charge in [0.2, 0.25) is 0 Å². The number of hydrogen-bond acceptors (Lipinski definition) is 4. The van der Waals surface area contributed by atoms with Crippen molar-refractivity contribution >= 4 is 35.0 Å². The van der Waals surface area contributed by atoms with Gasteiger partial charge in [-0.25, -0.2) is 4.79 Å². The SMILES string of the molecule is CC1=C(C(=O)OC(C)C)C(c2cccc(Cl)c2Cl)C2=C(CC(C)(C)CC2=O)N1C. The van der Waals surface area contributed by atoms with Crippen LogP contribution in [0, 0.1) is 5.41 Å². The summed E-state index contributed by atoms with van der Waals surface area (Å²) in [4.78, 5) is 28.4. The van der Waals surface area contributed by atoms with Gasteiger partial charge in [0.1, 0.15) is 0 Å². The molecule has 0 spiro atoms. The highest BCUT2D eigenvalue weighted by Crippen LogP contribution is 2.51. The predicted octanol–water partition coefficient (Wildman–Crippen LogP) is 5.89. The fourth-order valence-electron chi connectivity index (χ4n) is 4.26. The fraction of sp³-hybridized carbons (Fsp3) is 0.478. The lowest BCUT2D eigenvalue weighted by Crippen LogP contribution is -2.39. The molecule has 4 nitrogen and oxygen atoms in total. The van der Waals surface area contributed by atoms with Crippen LogP contribution in [0.15, 0.2) is 40.7 Å². The Morgan fingerprint density at radius 1 is 1.24 bits per heavy atom. The lowest BCUT2D eigenvalue weighted by Gasteiger charge is -2.43. The average molecular weight is 436 g/mol. The van der Waals surface area contributed by atoms with E-state index >= 15 is 0 Å². The molecule has 0 N–H and O–H groups in total. The molecule has 29 heavy (non-hydrogen) atoms. The van der Waals surface area contributed by atoms with Crippen LogP contribution in [0.1, 0.15) is 58.9 Å². The van der Waals surface area contributed by atoms with Crippen molar-refractivity contribution in [2.24, 2.45) is 5.41 Å². The van der Waals surface area contributed by atoms with E-state index in [0.717, 1.165) is 17.8 Å². The summed E-state index contributed by atoms with van der Waals surface area (Å²) in [5.41, 5.74) is 3.27. The first-order valence-corrected chi connectivity index (χ1v) is 10.6. The van der Waals surface area contributed by atoms with E-state index in [2.05, 4.69) is 13.8 Å². The normalized spacial score (nSPS) is 21.6. The lowest BCUT2D eigenvalue weighted by atomic mass is 9.68. The minimum atomic E-state index is -0.595. The first kappa shape index (κ1) is 21.9. The highest BCUT2D eigenvalue weighted by molar-refractivity contribution is 6.42. The Morgan fingerprint density at radius 2 is 1.90 bits per heavy atom. The quantitative estimate of drug-likeness (QED) is 0.555. The fourth-order valence-corrected chi connectivity index (χ4v) is 4.68. The zero-order valence-corrected chi connectivity index (χ0v) is 19.2. The molecular weight excluding hydrogens is 409 g/mol. The smallest absolute Gasteiger partial charge is 0.337 e. The Balaban J connectivity index is 2.29. The van der Waals surface area contributed by atoms with Gasteiger partial charge in [0.05, 0.1) is 21.7 Å². The van der Waals surface area contributed by atoms with Crippen LogP contribution >= 0.6 is 23.2 Å². The van der Waals surface area contributed by atoms with Crippen LogP contribution in [0.5, 0.6) is 0 Å². The molecule has 1 aromatic carbocycles. The summed E-state index contributed by atoms with van der Waals surface area (Å²) in [5, 5.41) is 0.749. The molecule has 0 amide bonds. The summed E-state index contributed by atoms with van der Waals surface area (Å²) in [6.07, 6.45) is 0.878. The molecule has 0 aromatic heterocycles.